The van der Waals surface area contributed by atoms with Crippen LogP contribution in [0.4, 0.5) is 0 Å². The second kappa shape index (κ2) is 7.82. The molecule has 0 saturated heterocycles. The summed E-state index contributed by atoms with van der Waals surface area (Å²) in [6, 6.07) is 0. The van der Waals surface area contributed by atoms with E-state index in [1.807, 2.05) is 0 Å². The Labute approximate surface area is 218 Å². The summed E-state index contributed by atoms with van der Waals surface area (Å²) in [5.74, 6) is -0.553. The molecule has 5 heteroatoms. The molecular weight excluding hydrogens is 452 g/mol. The number of carboxylic acid groups (broad SMARTS) is 1. The molecule has 5 aliphatic carbocycles. The van der Waals surface area contributed by atoms with E-state index in [4.69, 9.17) is 4.74 Å². The van der Waals surface area contributed by atoms with Gasteiger partial charge in [0.2, 0.25) is 0 Å². The molecule has 0 aliphatic heterocycles. The van der Waals surface area contributed by atoms with Crippen LogP contribution in [0.2, 0.25) is 0 Å². The maximum absolute atomic E-state index is 12.8. The van der Waals surface area contributed by atoms with Crippen molar-refractivity contribution >= 4 is 5.97 Å². The van der Waals surface area contributed by atoms with E-state index < -0.39 is 28.7 Å². The molecule has 0 aromatic carbocycles. The van der Waals surface area contributed by atoms with E-state index in [1.54, 1.807) is 0 Å². The summed E-state index contributed by atoms with van der Waals surface area (Å²) in [7, 11) is 1.51. The van der Waals surface area contributed by atoms with Crippen LogP contribution in [-0.2, 0) is 9.53 Å². The fourth-order valence-corrected chi connectivity index (χ4v) is 11.3. The molecule has 4 fully saturated rings. The predicted octanol–water partition coefficient (Wildman–Crippen LogP) is 6.03. The Balaban J connectivity index is 1.62. The number of aliphatic hydroxyl groups is 2. The summed E-state index contributed by atoms with van der Waals surface area (Å²) >= 11 is 0. The molecule has 0 spiro atoms. The number of rotatable bonds is 2. The Morgan fingerprint density at radius 2 is 1.67 bits per heavy atom. The van der Waals surface area contributed by atoms with Gasteiger partial charge >= 0.3 is 5.97 Å². The van der Waals surface area contributed by atoms with Crippen molar-refractivity contribution in [1.29, 1.82) is 0 Å². The smallest absolute Gasteiger partial charge is 0.310 e. The second-order valence-corrected chi connectivity index (χ2v) is 15.0. The minimum absolute atomic E-state index is 0.0196. The zero-order valence-electron chi connectivity index (χ0n) is 23.9. The van der Waals surface area contributed by atoms with Gasteiger partial charge in [0.25, 0.3) is 0 Å². The molecule has 11 atom stereocenters. The third-order valence-electron chi connectivity index (χ3n) is 13.9. The van der Waals surface area contributed by atoms with Gasteiger partial charge in [0, 0.05) is 12.5 Å². The van der Waals surface area contributed by atoms with Gasteiger partial charge in [0.15, 0.2) is 5.79 Å². The van der Waals surface area contributed by atoms with Crippen molar-refractivity contribution in [3.63, 3.8) is 0 Å². The predicted molar refractivity (Wildman–Crippen MR) is 140 cm³/mol. The highest BCUT2D eigenvalue weighted by Crippen LogP contribution is 2.76. The van der Waals surface area contributed by atoms with Gasteiger partial charge in [-0.25, -0.2) is 0 Å². The van der Waals surface area contributed by atoms with Crippen LogP contribution in [0.3, 0.4) is 0 Å². The van der Waals surface area contributed by atoms with Crippen molar-refractivity contribution in [1.82, 2.24) is 0 Å². The fraction of sp³-hybridized carbons (Fsp3) is 0.903. The van der Waals surface area contributed by atoms with Gasteiger partial charge in [0.05, 0.1) is 5.41 Å². The lowest BCUT2D eigenvalue weighted by Crippen LogP contribution is -2.71. The zero-order valence-corrected chi connectivity index (χ0v) is 23.9. The van der Waals surface area contributed by atoms with Crippen LogP contribution in [0, 0.1) is 56.7 Å². The Bertz CT molecular complexity index is 972. The Morgan fingerprint density at radius 3 is 2.28 bits per heavy atom. The molecule has 3 N–H and O–H groups in total. The topological polar surface area (TPSA) is 87.0 Å². The van der Waals surface area contributed by atoms with E-state index >= 15 is 0 Å². The van der Waals surface area contributed by atoms with Crippen molar-refractivity contribution in [2.24, 2.45) is 56.7 Å². The molecule has 36 heavy (non-hydrogen) atoms. The summed E-state index contributed by atoms with van der Waals surface area (Å²) in [5.41, 5.74) is 0.0471. The molecule has 5 aliphatic rings. The number of carbonyl (C=O) groups is 1. The van der Waals surface area contributed by atoms with Gasteiger partial charge < -0.3 is 20.1 Å². The molecule has 5 nitrogen and oxygen atoms in total. The average molecular weight is 503 g/mol. The van der Waals surface area contributed by atoms with E-state index in [2.05, 4.69) is 54.5 Å². The number of ether oxygens (including phenoxy) is 1. The van der Waals surface area contributed by atoms with E-state index in [-0.39, 0.29) is 28.1 Å². The van der Waals surface area contributed by atoms with Crippen LogP contribution in [0.25, 0.3) is 0 Å². The SMILES string of the molecule is COC1(O)C(O)C[C@@]2(C)C(CC[C@]3(C)[C@@H]2CC=C2[C@@H]4[C@@H](C)[C@H](C)CC[C@]4(C(=O)O)CC[C@]23C)C1(C)C. The fourth-order valence-electron chi connectivity index (χ4n) is 11.3. The number of hydrogen-bond acceptors (Lipinski definition) is 4. The summed E-state index contributed by atoms with van der Waals surface area (Å²) in [4.78, 5) is 12.8. The average Bonchev–Trinajstić information content (AvgIpc) is 2.80. The van der Waals surface area contributed by atoms with Crippen LogP contribution in [0.1, 0.15) is 99.8 Å². The van der Waals surface area contributed by atoms with E-state index in [0.717, 1.165) is 44.9 Å². The number of carboxylic acids is 1. The minimum Gasteiger partial charge on any atom is -0.481 e. The number of methoxy groups -OCH3 is 1. The number of fused-ring (bicyclic) bond motifs is 7. The second-order valence-electron chi connectivity index (χ2n) is 15.0. The van der Waals surface area contributed by atoms with Crippen LogP contribution in [0.5, 0.6) is 0 Å². The van der Waals surface area contributed by atoms with Gasteiger partial charge in [-0.1, -0.05) is 60.1 Å². The van der Waals surface area contributed by atoms with Crippen molar-refractivity contribution in [2.45, 2.75) is 112 Å². The summed E-state index contributed by atoms with van der Waals surface area (Å²) in [6.45, 7) is 16.0. The molecule has 0 radical (unpaired) electrons. The first kappa shape index (κ1) is 26.7. The van der Waals surface area contributed by atoms with Gasteiger partial charge in [-0.05, 0) is 97.2 Å². The monoisotopic (exact) mass is 502 g/mol. The molecule has 0 bridgehead atoms. The zero-order chi connectivity index (χ0) is 26.7. The first-order valence-corrected chi connectivity index (χ1v) is 14.5. The number of aliphatic carboxylic acids is 1. The van der Waals surface area contributed by atoms with Crippen molar-refractivity contribution < 1.29 is 24.9 Å². The van der Waals surface area contributed by atoms with E-state index in [9.17, 15) is 20.1 Å². The molecule has 4 saturated carbocycles. The summed E-state index contributed by atoms with van der Waals surface area (Å²) < 4.78 is 5.62. The minimum atomic E-state index is -1.55. The summed E-state index contributed by atoms with van der Waals surface area (Å²) in [6.07, 6.45) is 8.50. The molecule has 0 amide bonds. The highest BCUT2D eigenvalue weighted by Gasteiger charge is 2.72. The van der Waals surface area contributed by atoms with E-state index in [1.165, 1.54) is 12.7 Å². The lowest BCUT2D eigenvalue weighted by atomic mass is 9.33. The molecule has 5 rings (SSSR count). The van der Waals surface area contributed by atoms with Gasteiger partial charge in [-0.15, -0.1) is 0 Å². The van der Waals surface area contributed by atoms with Crippen LogP contribution in [-0.4, -0.2) is 40.3 Å². The first-order chi connectivity index (χ1) is 16.6. The number of hydrogen-bond donors (Lipinski definition) is 3. The van der Waals surface area contributed by atoms with Crippen molar-refractivity contribution in [3.8, 4) is 0 Å². The number of allylic oxidation sites excluding steroid dienone is 2. The Morgan fingerprint density at radius 1 is 1.00 bits per heavy atom. The third kappa shape index (κ3) is 2.86. The molecule has 0 aromatic heterocycles. The van der Waals surface area contributed by atoms with Crippen molar-refractivity contribution in [3.05, 3.63) is 11.6 Å². The van der Waals surface area contributed by atoms with Gasteiger partial charge in [-0.2, -0.15) is 0 Å². The van der Waals surface area contributed by atoms with Crippen LogP contribution < -0.4 is 0 Å². The molecule has 0 aromatic rings. The quantitative estimate of drug-likeness (QED) is 0.317. The largest absolute Gasteiger partial charge is 0.481 e. The number of aliphatic hydroxyl groups excluding tert-OH is 1. The lowest BCUT2D eigenvalue weighted by Gasteiger charge is -2.72. The highest BCUT2D eigenvalue weighted by atomic mass is 16.6. The molecular formula is C31H50O5. The molecule has 0 heterocycles. The van der Waals surface area contributed by atoms with Gasteiger partial charge in [0.1, 0.15) is 6.10 Å². The summed E-state index contributed by atoms with van der Waals surface area (Å²) in [5, 5.41) is 33.3. The first-order valence-electron chi connectivity index (χ1n) is 14.5. The molecule has 3 unspecified atom stereocenters. The Hall–Kier alpha value is -0.910. The third-order valence-corrected chi connectivity index (χ3v) is 13.9. The van der Waals surface area contributed by atoms with Crippen LogP contribution >= 0.6 is 0 Å². The van der Waals surface area contributed by atoms with Crippen molar-refractivity contribution in [2.75, 3.05) is 7.11 Å². The van der Waals surface area contributed by atoms with Crippen LogP contribution in [0.15, 0.2) is 11.6 Å². The lowest BCUT2D eigenvalue weighted by molar-refractivity contribution is -0.360. The maximum atomic E-state index is 12.8. The Kier molecular flexibility index (Phi) is 5.80. The maximum Gasteiger partial charge on any atom is 0.310 e. The highest BCUT2D eigenvalue weighted by molar-refractivity contribution is 5.76. The van der Waals surface area contributed by atoms with E-state index in [0.29, 0.717) is 24.2 Å². The normalized spacial score (nSPS) is 55.9. The van der Waals surface area contributed by atoms with Gasteiger partial charge in [-0.3, -0.25) is 4.79 Å². The molecule has 204 valence electrons. The standard InChI is InChI=1S/C31H50O5/c1-18-11-14-30(25(33)34)16-15-28(6)20(24(30)19(18)2)9-10-22-27(5)17-23(32)31(35,36-8)26(3,4)21(27)12-13-29(22,28)7/h9,18-19,21-24,32,35H,10-17H2,1-8H3,(H,33,34)/t18-,19+,21?,22-,23?,24+,27+,28-,29-,30+,31?/m1/s1.